The van der Waals surface area contributed by atoms with Crippen molar-refractivity contribution in [1.29, 1.82) is 0 Å². The van der Waals surface area contributed by atoms with Crippen LogP contribution >= 0.6 is 0 Å². The van der Waals surface area contributed by atoms with E-state index in [4.69, 9.17) is 16.6 Å². The lowest BCUT2D eigenvalue weighted by Crippen LogP contribution is -2.58. The van der Waals surface area contributed by atoms with E-state index >= 15 is 0 Å². The molecule has 0 aliphatic heterocycles. The van der Waals surface area contributed by atoms with E-state index in [0.717, 1.165) is 0 Å². The SMILES string of the molecule is CC(C)CC(NC(=O)C(CCC(N)=O)NC(=O)C(CCC(=O)O)NC(=O)C(N)C(C)O)C(=O)O. The quantitative estimate of drug-likeness (QED) is 0.112. The summed E-state index contributed by atoms with van der Waals surface area (Å²) in [4.78, 5) is 71.3. The van der Waals surface area contributed by atoms with E-state index in [1.54, 1.807) is 13.8 Å². The van der Waals surface area contributed by atoms with Crippen LogP contribution in [0.15, 0.2) is 0 Å². The number of carboxylic acid groups (broad SMARTS) is 2. The van der Waals surface area contributed by atoms with Crippen molar-refractivity contribution in [3.8, 4) is 0 Å². The number of carbonyl (C=O) groups is 6. The van der Waals surface area contributed by atoms with Gasteiger partial charge in [0, 0.05) is 12.8 Å². The highest BCUT2D eigenvalue weighted by Crippen LogP contribution is 2.08. The molecule has 194 valence electrons. The Morgan fingerprint density at radius 1 is 0.765 bits per heavy atom. The maximum Gasteiger partial charge on any atom is 0.326 e. The summed E-state index contributed by atoms with van der Waals surface area (Å²) in [5.74, 6) is -6.19. The molecular weight excluding hydrogens is 454 g/mol. The summed E-state index contributed by atoms with van der Waals surface area (Å²) in [5, 5.41) is 34.6. The Hall–Kier alpha value is -3.26. The molecule has 0 fully saturated rings. The Labute approximate surface area is 196 Å². The number of aliphatic carboxylic acids is 2. The highest BCUT2D eigenvalue weighted by atomic mass is 16.4. The predicted octanol–water partition coefficient (Wildman–Crippen LogP) is -2.59. The van der Waals surface area contributed by atoms with Crippen molar-refractivity contribution in [3.05, 3.63) is 0 Å². The van der Waals surface area contributed by atoms with E-state index in [2.05, 4.69) is 16.0 Å². The van der Waals surface area contributed by atoms with Gasteiger partial charge in [-0.15, -0.1) is 0 Å². The number of nitrogens with two attached hydrogens (primary N) is 2. The standard InChI is InChI=1S/C20H35N5O9/c1-9(2)8-13(20(33)34)25-18(31)11(4-6-14(21)27)23-17(30)12(5-7-15(28)29)24-19(32)16(22)10(3)26/h9-13,16,26H,4-8,22H2,1-3H3,(H2,21,27)(H,23,30)(H,24,32)(H,25,31)(H,28,29)(H,33,34). The first-order valence-corrected chi connectivity index (χ1v) is 10.7. The monoisotopic (exact) mass is 489 g/mol. The topological polar surface area (TPSA) is 251 Å². The molecule has 0 aromatic heterocycles. The van der Waals surface area contributed by atoms with Crippen LogP contribution in [0.2, 0.25) is 0 Å². The van der Waals surface area contributed by atoms with Gasteiger partial charge in [0.25, 0.3) is 0 Å². The maximum absolute atomic E-state index is 12.8. The van der Waals surface area contributed by atoms with Gasteiger partial charge >= 0.3 is 11.9 Å². The van der Waals surface area contributed by atoms with Gasteiger partial charge in [0.15, 0.2) is 0 Å². The van der Waals surface area contributed by atoms with Crippen LogP contribution in [0.1, 0.15) is 52.9 Å². The lowest BCUT2D eigenvalue weighted by atomic mass is 10.0. The zero-order chi connectivity index (χ0) is 26.6. The number of aliphatic hydroxyl groups is 1. The fourth-order valence-electron chi connectivity index (χ4n) is 2.82. The summed E-state index contributed by atoms with van der Waals surface area (Å²) >= 11 is 0. The Morgan fingerprint density at radius 3 is 1.59 bits per heavy atom. The zero-order valence-electron chi connectivity index (χ0n) is 19.4. The average Bonchev–Trinajstić information content (AvgIpc) is 2.71. The number of rotatable bonds is 16. The molecule has 0 saturated carbocycles. The van der Waals surface area contributed by atoms with Crippen LogP contribution in [0.3, 0.4) is 0 Å². The van der Waals surface area contributed by atoms with E-state index in [9.17, 15) is 39.0 Å². The Kier molecular flexibility index (Phi) is 13.4. The number of amides is 4. The predicted molar refractivity (Wildman–Crippen MR) is 118 cm³/mol. The minimum Gasteiger partial charge on any atom is -0.481 e. The third-order valence-corrected chi connectivity index (χ3v) is 4.74. The first-order valence-electron chi connectivity index (χ1n) is 10.7. The van der Waals surface area contributed by atoms with Crippen molar-refractivity contribution in [3.63, 3.8) is 0 Å². The third kappa shape index (κ3) is 12.1. The Morgan fingerprint density at radius 2 is 1.21 bits per heavy atom. The second-order valence-corrected chi connectivity index (χ2v) is 8.36. The smallest absolute Gasteiger partial charge is 0.326 e. The zero-order valence-corrected chi connectivity index (χ0v) is 19.4. The summed E-state index contributed by atoms with van der Waals surface area (Å²) in [6.07, 6.45) is -2.63. The van der Waals surface area contributed by atoms with E-state index < -0.39 is 72.3 Å². The van der Waals surface area contributed by atoms with E-state index in [1.807, 2.05) is 0 Å². The molecule has 0 aromatic carbocycles. The molecule has 0 aromatic rings. The summed E-state index contributed by atoms with van der Waals surface area (Å²) in [6.45, 7) is 4.75. The van der Waals surface area contributed by atoms with Crippen LogP contribution in [0.5, 0.6) is 0 Å². The fourth-order valence-corrected chi connectivity index (χ4v) is 2.82. The lowest BCUT2D eigenvalue weighted by Gasteiger charge is -2.25. The molecule has 0 spiro atoms. The van der Waals surface area contributed by atoms with E-state index in [1.165, 1.54) is 6.92 Å². The number of carboxylic acids is 2. The molecule has 0 aliphatic rings. The van der Waals surface area contributed by atoms with Gasteiger partial charge in [-0.2, -0.15) is 0 Å². The van der Waals surface area contributed by atoms with Crippen molar-refractivity contribution < 1.29 is 44.1 Å². The molecule has 14 nitrogen and oxygen atoms in total. The molecular formula is C20H35N5O9. The molecule has 5 unspecified atom stereocenters. The van der Waals surface area contributed by atoms with Gasteiger partial charge in [-0.3, -0.25) is 24.0 Å². The summed E-state index contributed by atoms with van der Waals surface area (Å²) < 4.78 is 0. The minimum absolute atomic E-state index is 0.0752. The first kappa shape index (κ1) is 30.7. The van der Waals surface area contributed by atoms with Crippen LogP contribution in [0.4, 0.5) is 0 Å². The molecule has 5 atom stereocenters. The number of primary amides is 1. The summed E-state index contributed by atoms with van der Waals surface area (Å²) in [7, 11) is 0. The highest BCUT2D eigenvalue weighted by molar-refractivity contribution is 5.94. The molecule has 10 N–H and O–H groups in total. The number of aliphatic hydroxyl groups excluding tert-OH is 1. The molecule has 34 heavy (non-hydrogen) atoms. The Balaban J connectivity index is 5.64. The van der Waals surface area contributed by atoms with Crippen molar-refractivity contribution in [2.45, 2.75) is 83.1 Å². The fraction of sp³-hybridized carbons (Fsp3) is 0.700. The van der Waals surface area contributed by atoms with Gasteiger partial charge < -0.3 is 42.7 Å². The minimum atomic E-state index is -1.44. The van der Waals surface area contributed by atoms with Crippen LogP contribution < -0.4 is 27.4 Å². The van der Waals surface area contributed by atoms with Crippen LogP contribution in [-0.2, 0) is 28.8 Å². The average molecular weight is 490 g/mol. The third-order valence-electron chi connectivity index (χ3n) is 4.74. The molecule has 4 amide bonds. The molecule has 0 heterocycles. The van der Waals surface area contributed by atoms with Gasteiger partial charge in [-0.05, 0) is 32.1 Å². The van der Waals surface area contributed by atoms with Crippen molar-refractivity contribution in [2.24, 2.45) is 17.4 Å². The van der Waals surface area contributed by atoms with Crippen LogP contribution in [-0.4, -0.2) is 81.2 Å². The highest BCUT2D eigenvalue weighted by Gasteiger charge is 2.31. The van der Waals surface area contributed by atoms with E-state index in [0.29, 0.717) is 0 Å². The van der Waals surface area contributed by atoms with Crippen molar-refractivity contribution in [1.82, 2.24) is 16.0 Å². The second kappa shape index (κ2) is 14.8. The molecule has 0 radical (unpaired) electrons. The molecule has 0 bridgehead atoms. The Bertz CT molecular complexity index is 757. The van der Waals surface area contributed by atoms with Crippen LogP contribution in [0.25, 0.3) is 0 Å². The van der Waals surface area contributed by atoms with Crippen LogP contribution in [0, 0.1) is 5.92 Å². The largest absolute Gasteiger partial charge is 0.481 e. The van der Waals surface area contributed by atoms with Gasteiger partial charge in [-0.1, -0.05) is 13.8 Å². The number of carbonyl (C=O) groups excluding carboxylic acids is 4. The second-order valence-electron chi connectivity index (χ2n) is 8.36. The summed E-state index contributed by atoms with van der Waals surface area (Å²) in [6, 6.07) is -5.50. The molecule has 0 aliphatic carbocycles. The summed E-state index contributed by atoms with van der Waals surface area (Å²) in [5.41, 5.74) is 10.7. The maximum atomic E-state index is 12.8. The van der Waals surface area contributed by atoms with Crippen molar-refractivity contribution >= 4 is 35.6 Å². The molecule has 14 heteroatoms. The number of nitrogens with one attached hydrogen (secondary N) is 3. The first-order chi connectivity index (χ1) is 15.6. The van der Waals surface area contributed by atoms with Gasteiger partial charge in [-0.25, -0.2) is 4.79 Å². The van der Waals surface area contributed by atoms with Gasteiger partial charge in [0.1, 0.15) is 24.2 Å². The van der Waals surface area contributed by atoms with E-state index in [-0.39, 0.29) is 31.6 Å². The van der Waals surface area contributed by atoms with Gasteiger partial charge in [0.05, 0.1) is 6.10 Å². The number of hydrogen-bond donors (Lipinski definition) is 8. The normalized spacial score (nSPS) is 15.4. The molecule has 0 saturated heterocycles. The van der Waals surface area contributed by atoms with Gasteiger partial charge in [0.2, 0.25) is 23.6 Å². The molecule has 0 rings (SSSR count). The van der Waals surface area contributed by atoms with Crippen molar-refractivity contribution in [2.75, 3.05) is 0 Å². The number of hydrogen-bond acceptors (Lipinski definition) is 8. The lowest BCUT2D eigenvalue weighted by molar-refractivity contribution is -0.143.